The Bertz CT molecular complexity index is 507. The van der Waals surface area contributed by atoms with Gasteiger partial charge in [0.2, 0.25) is 5.91 Å². The van der Waals surface area contributed by atoms with Crippen LogP contribution in [0.5, 0.6) is 0 Å². The minimum atomic E-state index is -0.133. The predicted octanol–water partition coefficient (Wildman–Crippen LogP) is 3.81. The van der Waals surface area contributed by atoms with Crippen LogP contribution < -0.4 is 11.1 Å². The lowest BCUT2D eigenvalue weighted by Gasteiger charge is -2.31. The lowest BCUT2D eigenvalue weighted by Crippen LogP contribution is -2.30. The Morgan fingerprint density at radius 2 is 2.14 bits per heavy atom. The summed E-state index contributed by atoms with van der Waals surface area (Å²) in [4.78, 5) is 11.9. The molecule has 2 rings (SSSR count). The van der Waals surface area contributed by atoms with Gasteiger partial charge in [0, 0.05) is 10.2 Å². The lowest BCUT2D eigenvalue weighted by atomic mass is 9.80. The van der Waals surface area contributed by atoms with E-state index < -0.39 is 0 Å². The van der Waals surface area contributed by atoms with Gasteiger partial charge in [-0.15, -0.1) is 0 Å². The Morgan fingerprint density at radius 3 is 2.81 bits per heavy atom. The van der Waals surface area contributed by atoms with Gasteiger partial charge < -0.3 is 15.8 Å². The van der Waals surface area contributed by atoms with Crippen LogP contribution in [0.15, 0.2) is 22.7 Å². The molecule has 0 heterocycles. The molecule has 1 amide bonds. The van der Waals surface area contributed by atoms with E-state index in [2.05, 4.69) is 35.1 Å². The fourth-order valence-electron chi connectivity index (χ4n) is 2.66. The monoisotopic (exact) mass is 354 g/mol. The number of benzene rings is 1. The Morgan fingerprint density at radius 1 is 1.38 bits per heavy atom. The van der Waals surface area contributed by atoms with E-state index in [0.29, 0.717) is 17.3 Å². The summed E-state index contributed by atoms with van der Waals surface area (Å²) in [6, 6.07) is 5.30. The first-order chi connectivity index (χ1) is 9.95. The molecule has 0 spiro atoms. The van der Waals surface area contributed by atoms with Gasteiger partial charge >= 0.3 is 0 Å². The van der Waals surface area contributed by atoms with Crippen molar-refractivity contribution in [2.24, 2.45) is 11.8 Å². The van der Waals surface area contributed by atoms with Gasteiger partial charge in [-0.05, 0) is 65.2 Å². The lowest BCUT2D eigenvalue weighted by molar-refractivity contribution is -0.123. The van der Waals surface area contributed by atoms with E-state index in [1.54, 1.807) is 18.2 Å². The zero-order chi connectivity index (χ0) is 15.4. The second-order valence-corrected chi connectivity index (χ2v) is 6.84. The van der Waals surface area contributed by atoms with Gasteiger partial charge in [0.25, 0.3) is 0 Å². The summed E-state index contributed by atoms with van der Waals surface area (Å²) in [7, 11) is 0. The third-order valence-corrected chi connectivity index (χ3v) is 4.92. The number of nitrogen functional groups attached to an aromatic ring is 1. The molecule has 1 aromatic carbocycles. The molecule has 21 heavy (non-hydrogen) atoms. The molecule has 3 atom stereocenters. The number of ether oxygens (including phenoxy) is 1. The van der Waals surface area contributed by atoms with Crippen LogP contribution in [0.3, 0.4) is 0 Å². The topological polar surface area (TPSA) is 64.3 Å². The van der Waals surface area contributed by atoms with Crippen molar-refractivity contribution in [3.8, 4) is 0 Å². The third-order valence-electron chi connectivity index (χ3n) is 4.27. The van der Waals surface area contributed by atoms with Gasteiger partial charge in [-0.3, -0.25) is 4.79 Å². The minimum absolute atomic E-state index is 0.0998. The number of hydrogen-bond acceptors (Lipinski definition) is 3. The second kappa shape index (κ2) is 7.27. The fraction of sp³-hybridized carbons (Fsp3) is 0.562. The Labute approximate surface area is 134 Å². The number of amides is 1. The highest BCUT2D eigenvalue weighted by molar-refractivity contribution is 9.10. The smallest absolute Gasteiger partial charge is 0.250 e. The highest BCUT2D eigenvalue weighted by atomic mass is 79.9. The fourth-order valence-corrected chi connectivity index (χ4v) is 3.16. The molecule has 1 aliphatic rings. The summed E-state index contributed by atoms with van der Waals surface area (Å²) < 4.78 is 6.52. The highest BCUT2D eigenvalue weighted by Gasteiger charge is 2.25. The molecule has 3 N–H and O–H groups in total. The van der Waals surface area contributed by atoms with E-state index >= 15 is 0 Å². The predicted molar refractivity (Wildman–Crippen MR) is 89.1 cm³/mol. The molecular weight excluding hydrogens is 332 g/mol. The Kier molecular flexibility index (Phi) is 5.65. The standard InChI is InChI=1S/C16H23BrN2O2/c1-10-3-5-13(7-11(10)2)21-9-16(20)19-15-6-4-12(18)8-14(15)17/h4,6,8,10-11,13H,3,5,7,9,18H2,1-2H3,(H,19,20). The molecule has 116 valence electrons. The zero-order valence-corrected chi connectivity index (χ0v) is 14.2. The molecule has 4 nitrogen and oxygen atoms in total. The van der Waals surface area contributed by atoms with Crippen molar-refractivity contribution in [3.05, 3.63) is 22.7 Å². The van der Waals surface area contributed by atoms with Crippen molar-refractivity contribution in [2.45, 2.75) is 39.2 Å². The Hall–Kier alpha value is -1.07. The van der Waals surface area contributed by atoms with Crippen LogP contribution in [-0.4, -0.2) is 18.6 Å². The van der Waals surface area contributed by atoms with Gasteiger partial charge in [-0.25, -0.2) is 0 Å². The number of hydrogen-bond donors (Lipinski definition) is 2. The number of rotatable bonds is 4. The van der Waals surface area contributed by atoms with Crippen molar-refractivity contribution in [2.75, 3.05) is 17.7 Å². The number of nitrogens with two attached hydrogens (primary N) is 1. The van der Waals surface area contributed by atoms with Crippen LogP contribution in [0.4, 0.5) is 11.4 Å². The molecule has 1 fully saturated rings. The maximum atomic E-state index is 11.9. The number of nitrogens with one attached hydrogen (secondary N) is 1. The van der Waals surface area contributed by atoms with Gasteiger partial charge in [-0.2, -0.15) is 0 Å². The number of carbonyl (C=O) groups excluding carboxylic acids is 1. The molecule has 1 saturated carbocycles. The maximum absolute atomic E-state index is 11.9. The van der Waals surface area contributed by atoms with E-state index in [4.69, 9.17) is 10.5 Å². The molecule has 0 aliphatic heterocycles. The van der Waals surface area contributed by atoms with Crippen LogP contribution in [0, 0.1) is 11.8 Å². The van der Waals surface area contributed by atoms with E-state index in [9.17, 15) is 4.79 Å². The van der Waals surface area contributed by atoms with Crippen LogP contribution >= 0.6 is 15.9 Å². The van der Waals surface area contributed by atoms with Crippen molar-refractivity contribution in [3.63, 3.8) is 0 Å². The van der Waals surface area contributed by atoms with Crippen LogP contribution in [0.2, 0.25) is 0 Å². The molecule has 0 bridgehead atoms. The number of carbonyl (C=O) groups is 1. The summed E-state index contributed by atoms with van der Waals surface area (Å²) in [5.74, 6) is 1.29. The minimum Gasteiger partial charge on any atom is -0.399 e. The van der Waals surface area contributed by atoms with E-state index in [-0.39, 0.29) is 18.6 Å². The van der Waals surface area contributed by atoms with E-state index in [0.717, 1.165) is 23.2 Å². The first kappa shape index (κ1) is 16.3. The molecule has 0 saturated heterocycles. The van der Waals surface area contributed by atoms with Crippen LogP contribution in [-0.2, 0) is 9.53 Å². The first-order valence-electron chi connectivity index (χ1n) is 7.42. The van der Waals surface area contributed by atoms with Crippen molar-refractivity contribution < 1.29 is 9.53 Å². The normalized spacial score (nSPS) is 25.6. The summed E-state index contributed by atoms with van der Waals surface area (Å²) in [6.07, 6.45) is 3.47. The molecule has 1 aromatic rings. The molecule has 3 unspecified atom stereocenters. The van der Waals surface area contributed by atoms with Crippen molar-refractivity contribution >= 4 is 33.2 Å². The molecule has 5 heteroatoms. The van der Waals surface area contributed by atoms with Gasteiger partial charge in [0.1, 0.15) is 6.61 Å². The molecule has 0 aromatic heterocycles. The average Bonchev–Trinajstić information content (AvgIpc) is 2.43. The van der Waals surface area contributed by atoms with Crippen molar-refractivity contribution in [1.29, 1.82) is 0 Å². The third kappa shape index (κ3) is 4.71. The van der Waals surface area contributed by atoms with Crippen LogP contribution in [0.25, 0.3) is 0 Å². The molecule has 0 radical (unpaired) electrons. The molecule has 1 aliphatic carbocycles. The average molecular weight is 355 g/mol. The number of anilines is 2. The van der Waals surface area contributed by atoms with Gasteiger partial charge in [0.15, 0.2) is 0 Å². The summed E-state index contributed by atoms with van der Waals surface area (Å²) in [6.45, 7) is 4.64. The van der Waals surface area contributed by atoms with Crippen molar-refractivity contribution in [1.82, 2.24) is 0 Å². The highest BCUT2D eigenvalue weighted by Crippen LogP contribution is 2.31. The second-order valence-electron chi connectivity index (χ2n) is 5.99. The zero-order valence-electron chi connectivity index (χ0n) is 12.6. The Balaban J connectivity index is 1.80. The number of halogens is 1. The van der Waals surface area contributed by atoms with Crippen LogP contribution in [0.1, 0.15) is 33.1 Å². The van der Waals surface area contributed by atoms with E-state index in [1.807, 2.05) is 0 Å². The van der Waals surface area contributed by atoms with Gasteiger partial charge in [-0.1, -0.05) is 13.8 Å². The molecular formula is C16H23BrN2O2. The SMILES string of the molecule is CC1CCC(OCC(=O)Nc2ccc(N)cc2Br)CC1C. The van der Waals surface area contributed by atoms with Gasteiger partial charge in [0.05, 0.1) is 11.8 Å². The van der Waals surface area contributed by atoms with E-state index in [1.165, 1.54) is 6.42 Å². The summed E-state index contributed by atoms with van der Waals surface area (Å²) >= 11 is 3.38. The summed E-state index contributed by atoms with van der Waals surface area (Å²) in [5.41, 5.74) is 7.04. The quantitative estimate of drug-likeness (QED) is 0.808. The largest absolute Gasteiger partial charge is 0.399 e. The summed E-state index contributed by atoms with van der Waals surface area (Å²) in [5, 5.41) is 2.83. The maximum Gasteiger partial charge on any atom is 0.250 e. The first-order valence-corrected chi connectivity index (χ1v) is 8.21.